The molecule has 5 heteroatoms. The van der Waals surface area contributed by atoms with Crippen LogP contribution in [0.1, 0.15) is 16.2 Å². The molecule has 2 aromatic rings. The van der Waals surface area contributed by atoms with Crippen LogP contribution in [0.2, 0.25) is 0 Å². The Morgan fingerprint density at radius 3 is 2.94 bits per heavy atom. The maximum atomic E-state index is 12.0. The molecule has 0 spiro atoms. The lowest BCUT2D eigenvalue weighted by Crippen LogP contribution is -2.29. The molecule has 2 aromatic heterocycles. The van der Waals surface area contributed by atoms with E-state index in [0.717, 1.165) is 16.6 Å². The lowest BCUT2D eigenvalue weighted by Gasteiger charge is -2.15. The minimum absolute atomic E-state index is 0.0170. The molecule has 0 saturated carbocycles. The summed E-state index contributed by atoms with van der Waals surface area (Å²) in [7, 11) is 1.79. The summed E-state index contributed by atoms with van der Waals surface area (Å²) >= 11 is 3.31. The average Bonchev–Trinajstić information content (AvgIpc) is 2.83. The summed E-state index contributed by atoms with van der Waals surface area (Å²) in [4.78, 5) is 20.9. The van der Waals surface area contributed by atoms with Crippen LogP contribution in [0.5, 0.6) is 0 Å². The third kappa shape index (κ3) is 3.20. The van der Waals surface area contributed by atoms with Gasteiger partial charge in [0.25, 0.3) is 5.91 Å². The highest BCUT2D eigenvalue weighted by atomic mass is 79.9. The van der Waals surface area contributed by atoms with Gasteiger partial charge < -0.3 is 9.88 Å². The molecular formula is C13H14BrN3O. The molecule has 94 valence electrons. The van der Waals surface area contributed by atoms with Crippen LogP contribution in [0, 0.1) is 0 Å². The van der Waals surface area contributed by atoms with Gasteiger partial charge in [0.05, 0.1) is 0 Å². The molecule has 1 N–H and O–H groups in total. The van der Waals surface area contributed by atoms with Crippen LogP contribution in [-0.4, -0.2) is 34.4 Å². The van der Waals surface area contributed by atoms with E-state index in [2.05, 4.69) is 25.9 Å². The van der Waals surface area contributed by atoms with Gasteiger partial charge in [0.1, 0.15) is 5.69 Å². The highest BCUT2D eigenvalue weighted by Gasteiger charge is 2.13. The minimum Gasteiger partial charge on any atom is -0.356 e. The second-order valence-electron chi connectivity index (χ2n) is 4.03. The Kier molecular flexibility index (Phi) is 4.15. The molecule has 0 fully saturated rings. The summed E-state index contributed by atoms with van der Waals surface area (Å²) in [6.45, 7) is 0.645. The van der Waals surface area contributed by atoms with Crippen molar-refractivity contribution in [2.24, 2.45) is 0 Å². The summed E-state index contributed by atoms with van der Waals surface area (Å²) < 4.78 is 0.879. The zero-order chi connectivity index (χ0) is 13.0. The SMILES string of the molecule is CN(CCc1ccccn1)C(=O)c1cc(Br)c[nH]1. The second-order valence-corrected chi connectivity index (χ2v) is 4.95. The Morgan fingerprint density at radius 1 is 1.50 bits per heavy atom. The maximum Gasteiger partial charge on any atom is 0.270 e. The summed E-state index contributed by atoms with van der Waals surface area (Å²) in [6.07, 6.45) is 4.27. The van der Waals surface area contributed by atoms with Crippen molar-refractivity contribution in [3.8, 4) is 0 Å². The van der Waals surface area contributed by atoms with Crippen LogP contribution in [-0.2, 0) is 6.42 Å². The first kappa shape index (κ1) is 12.8. The monoisotopic (exact) mass is 307 g/mol. The van der Waals surface area contributed by atoms with E-state index in [1.807, 2.05) is 18.2 Å². The van der Waals surface area contributed by atoms with Crippen LogP contribution in [0.15, 0.2) is 41.1 Å². The summed E-state index contributed by atoms with van der Waals surface area (Å²) in [5, 5.41) is 0. The van der Waals surface area contributed by atoms with Crippen molar-refractivity contribution in [1.29, 1.82) is 0 Å². The van der Waals surface area contributed by atoms with Crippen molar-refractivity contribution in [3.63, 3.8) is 0 Å². The first-order valence-corrected chi connectivity index (χ1v) is 6.45. The predicted molar refractivity (Wildman–Crippen MR) is 73.4 cm³/mol. The number of amides is 1. The maximum absolute atomic E-state index is 12.0. The third-order valence-electron chi connectivity index (χ3n) is 2.65. The lowest BCUT2D eigenvalue weighted by molar-refractivity contribution is 0.0791. The largest absolute Gasteiger partial charge is 0.356 e. The van der Waals surface area contributed by atoms with Crippen LogP contribution in [0.3, 0.4) is 0 Å². The van der Waals surface area contributed by atoms with E-state index in [9.17, 15) is 4.79 Å². The van der Waals surface area contributed by atoms with Gasteiger partial charge in [-0.25, -0.2) is 0 Å². The molecule has 0 aliphatic heterocycles. The van der Waals surface area contributed by atoms with Crippen LogP contribution in [0.4, 0.5) is 0 Å². The van der Waals surface area contributed by atoms with Crippen molar-refractivity contribution < 1.29 is 4.79 Å². The van der Waals surface area contributed by atoms with Crippen molar-refractivity contribution >= 4 is 21.8 Å². The van der Waals surface area contributed by atoms with Gasteiger partial charge in [0.15, 0.2) is 0 Å². The molecule has 0 bridgehead atoms. The average molecular weight is 308 g/mol. The van der Waals surface area contributed by atoms with Crippen LogP contribution < -0.4 is 0 Å². The number of nitrogens with zero attached hydrogens (tertiary/aromatic N) is 2. The number of hydrogen-bond donors (Lipinski definition) is 1. The summed E-state index contributed by atoms with van der Waals surface area (Å²) in [6, 6.07) is 7.57. The van der Waals surface area contributed by atoms with Gasteiger partial charge >= 0.3 is 0 Å². The molecule has 0 saturated heterocycles. The quantitative estimate of drug-likeness (QED) is 0.943. The molecule has 0 aliphatic rings. The normalized spacial score (nSPS) is 10.3. The van der Waals surface area contributed by atoms with E-state index in [0.29, 0.717) is 12.2 Å². The van der Waals surface area contributed by atoms with E-state index in [4.69, 9.17) is 0 Å². The number of halogens is 1. The van der Waals surface area contributed by atoms with Gasteiger partial charge in [-0.1, -0.05) is 6.07 Å². The number of likely N-dealkylation sites (N-methyl/N-ethyl adjacent to an activating group) is 1. The third-order valence-corrected chi connectivity index (χ3v) is 3.11. The lowest BCUT2D eigenvalue weighted by atomic mass is 10.2. The molecule has 2 heterocycles. The van der Waals surface area contributed by atoms with Crippen LogP contribution in [0.25, 0.3) is 0 Å². The van der Waals surface area contributed by atoms with Crippen LogP contribution >= 0.6 is 15.9 Å². The zero-order valence-electron chi connectivity index (χ0n) is 10.1. The van der Waals surface area contributed by atoms with E-state index in [1.165, 1.54) is 0 Å². The van der Waals surface area contributed by atoms with Crippen molar-refractivity contribution in [2.75, 3.05) is 13.6 Å². The number of carbonyl (C=O) groups is 1. The first-order valence-electron chi connectivity index (χ1n) is 5.66. The molecule has 0 aliphatic carbocycles. The molecule has 0 atom stereocenters. The first-order chi connectivity index (χ1) is 8.66. The summed E-state index contributed by atoms with van der Waals surface area (Å²) in [5.74, 6) is -0.0170. The standard InChI is InChI=1S/C13H14BrN3O/c1-17(7-5-11-4-2-3-6-15-11)13(18)12-8-10(14)9-16-12/h2-4,6,8-9,16H,5,7H2,1H3. The molecule has 0 aromatic carbocycles. The van der Waals surface area contributed by atoms with E-state index in [1.54, 1.807) is 30.4 Å². The number of carbonyl (C=O) groups excluding carboxylic acids is 1. The van der Waals surface area contributed by atoms with E-state index < -0.39 is 0 Å². The molecular weight excluding hydrogens is 294 g/mol. The number of aromatic amines is 1. The predicted octanol–water partition coefficient (Wildman–Crippen LogP) is 2.49. The highest BCUT2D eigenvalue weighted by Crippen LogP contribution is 2.12. The molecule has 2 rings (SSSR count). The smallest absolute Gasteiger partial charge is 0.270 e. The number of hydrogen-bond acceptors (Lipinski definition) is 2. The molecule has 0 unspecified atom stereocenters. The zero-order valence-corrected chi connectivity index (χ0v) is 11.6. The van der Waals surface area contributed by atoms with Gasteiger partial charge in [0.2, 0.25) is 0 Å². The molecule has 1 amide bonds. The van der Waals surface area contributed by atoms with Gasteiger partial charge in [0, 0.05) is 42.6 Å². The van der Waals surface area contributed by atoms with Gasteiger partial charge in [-0.15, -0.1) is 0 Å². The van der Waals surface area contributed by atoms with Gasteiger partial charge in [-0.2, -0.15) is 0 Å². The summed E-state index contributed by atoms with van der Waals surface area (Å²) in [5.41, 5.74) is 1.58. The van der Waals surface area contributed by atoms with Gasteiger partial charge in [-0.3, -0.25) is 9.78 Å². The molecule has 0 radical (unpaired) electrons. The van der Waals surface area contributed by atoms with Crippen molar-refractivity contribution in [2.45, 2.75) is 6.42 Å². The van der Waals surface area contributed by atoms with Crippen molar-refractivity contribution in [1.82, 2.24) is 14.9 Å². The fraction of sp³-hybridized carbons (Fsp3) is 0.231. The fourth-order valence-corrected chi connectivity index (χ4v) is 1.97. The number of nitrogens with one attached hydrogen (secondary N) is 1. The molecule has 4 nitrogen and oxygen atoms in total. The number of pyridine rings is 1. The highest BCUT2D eigenvalue weighted by molar-refractivity contribution is 9.10. The van der Waals surface area contributed by atoms with Crippen molar-refractivity contribution in [3.05, 3.63) is 52.5 Å². The minimum atomic E-state index is -0.0170. The van der Waals surface area contributed by atoms with E-state index >= 15 is 0 Å². The Bertz CT molecular complexity index is 524. The number of rotatable bonds is 4. The number of aromatic nitrogens is 2. The van der Waals surface area contributed by atoms with Gasteiger partial charge in [-0.05, 0) is 34.1 Å². The fourth-order valence-electron chi connectivity index (χ4n) is 1.63. The topological polar surface area (TPSA) is 49.0 Å². The number of H-pyrrole nitrogens is 1. The molecule has 18 heavy (non-hydrogen) atoms. The Morgan fingerprint density at radius 2 is 2.33 bits per heavy atom. The van der Waals surface area contributed by atoms with E-state index in [-0.39, 0.29) is 5.91 Å². The second kappa shape index (κ2) is 5.82. The Balaban J connectivity index is 1.92. The Hall–Kier alpha value is -1.62. The Labute approximate surface area is 114 Å².